The molecule has 0 radical (unpaired) electrons. The van der Waals surface area contributed by atoms with Gasteiger partial charge in [-0.1, -0.05) is 0 Å². The molecule has 1 aromatic rings. The summed E-state index contributed by atoms with van der Waals surface area (Å²) in [5.41, 5.74) is -0.940. The first kappa shape index (κ1) is 19.5. The van der Waals surface area contributed by atoms with Gasteiger partial charge in [-0.25, -0.2) is 13.4 Å². The van der Waals surface area contributed by atoms with E-state index in [0.29, 0.717) is 38.4 Å². The molecule has 2 fully saturated rings. The second kappa shape index (κ2) is 7.41. The Labute approximate surface area is 151 Å². The fourth-order valence-corrected chi connectivity index (χ4v) is 5.01. The zero-order chi connectivity index (χ0) is 18.9. The lowest BCUT2D eigenvalue weighted by atomic mass is 10.1. The molecule has 10 heteroatoms. The Morgan fingerprint density at radius 3 is 2.31 bits per heavy atom. The van der Waals surface area contributed by atoms with Crippen molar-refractivity contribution in [3.05, 3.63) is 23.4 Å². The number of ether oxygens (including phenoxy) is 1. The Hall–Kier alpha value is -1.23. The summed E-state index contributed by atoms with van der Waals surface area (Å²) in [6.45, 7) is 4.60. The summed E-state index contributed by atoms with van der Waals surface area (Å²) in [4.78, 5) is 5.89. The van der Waals surface area contributed by atoms with Gasteiger partial charge in [-0.05, 0) is 31.4 Å². The maximum atomic E-state index is 12.8. The van der Waals surface area contributed by atoms with Crippen LogP contribution in [-0.4, -0.2) is 68.0 Å². The third kappa shape index (κ3) is 4.03. The molecule has 0 aliphatic carbocycles. The molecular weight excluding hydrogens is 371 g/mol. The lowest BCUT2D eigenvalue weighted by molar-refractivity contribution is -0.137. The molecule has 0 amide bonds. The Balaban J connectivity index is 1.71. The summed E-state index contributed by atoms with van der Waals surface area (Å²) >= 11 is 0. The summed E-state index contributed by atoms with van der Waals surface area (Å²) in [6.07, 6.45) is -2.09. The van der Waals surface area contributed by atoms with Gasteiger partial charge >= 0.3 is 6.18 Å². The van der Waals surface area contributed by atoms with E-state index in [-0.39, 0.29) is 10.6 Å². The van der Waals surface area contributed by atoms with Crippen LogP contribution in [-0.2, 0) is 20.9 Å². The Bertz CT molecular complexity index is 741. The molecule has 6 nitrogen and oxygen atoms in total. The molecule has 2 saturated heterocycles. The fourth-order valence-electron chi connectivity index (χ4n) is 3.47. The van der Waals surface area contributed by atoms with Crippen LogP contribution in [0.4, 0.5) is 13.2 Å². The van der Waals surface area contributed by atoms with Crippen LogP contribution in [0, 0.1) is 6.92 Å². The Morgan fingerprint density at radius 1 is 1.15 bits per heavy atom. The van der Waals surface area contributed by atoms with Crippen molar-refractivity contribution in [1.29, 1.82) is 0 Å². The van der Waals surface area contributed by atoms with Crippen molar-refractivity contribution in [1.82, 2.24) is 14.2 Å². The molecule has 0 aromatic carbocycles. The fraction of sp³-hybridized carbons (Fsp3) is 0.688. The smallest absolute Gasteiger partial charge is 0.381 e. The van der Waals surface area contributed by atoms with E-state index in [0.717, 1.165) is 32.1 Å². The number of sulfonamides is 1. The minimum atomic E-state index is -4.55. The third-order valence-corrected chi connectivity index (χ3v) is 6.88. The van der Waals surface area contributed by atoms with Crippen molar-refractivity contribution in [3.8, 4) is 0 Å². The maximum absolute atomic E-state index is 12.8. The number of aryl methyl sites for hydroxylation is 1. The standard InChI is InChI=1S/C16H22F3N3O3S/c1-12-10-13(16(17,18)19)11-20-15(12)26(23,24)22-6-4-21(5-7-22)14-2-8-25-9-3-14/h10-11,14H,2-9H2,1H3. The summed E-state index contributed by atoms with van der Waals surface area (Å²) in [5, 5.41) is -0.301. The van der Waals surface area contributed by atoms with Gasteiger partial charge in [-0.2, -0.15) is 17.5 Å². The summed E-state index contributed by atoms with van der Waals surface area (Å²) in [5.74, 6) is 0. The zero-order valence-corrected chi connectivity index (χ0v) is 15.3. The van der Waals surface area contributed by atoms with Crippen LogP contribution in [0.1, 0.15) is 24.0 Å². The van der Waals surface area contributed by atoms with Gasteiger partial charge in [0.25, 0.3) is 10.0 Å². The molecule has 146 valence electrons. The van der Waals surface area contributed by atoms with Crippen molar-refractivity contribution >= 4 is 10.0 Å². The van der Waals surface area contributed by atoms with Crippen LogP contribution in [0.2, 0.25) is 0 Å². The molecule has 0 N–H and O–H groups in total. The highest BCUT2D eigenvalue weighted by Crippen LogP contribution is 2.31. The Kier molecular flexibility index (Phi) is 5.57. The third-order valence-electron chi connectivity index (χ3n) is 4.92. The first-order valence-corrected chi connectivity index (χ1v) is 9.99. The lowest BCUT2D eigenvalue weighted by Gasteiger charge is -2.40. The van der Waals surface area contributed by atoms with E-state index in [2.05, 4.69) is 9.88 Å². The first-order chi connectivity index (χ1) is 12.2. The monoisotopic (exact) mass is 393 g/mol. The number of hydrogen-bond acceptors (Lipinski definition) is 5. The van der Waals surface area contributed by atoms with Crippen LogP contribution in [0.25, 0.3) is 0 Å². The van der Waals surface area contributed by atoms with E-state index >= 15 is 0 Å². The van der Waals surface area contributed by atoms with Crippen molar-refractivity contribution in [3.63, 3.8) is 0 Å². The molecule has 0 unspecified atom stereocenters. The van der Waals surface area contributed by atoms with Gasteiger partial charge in [0.05, 0.1) is 5.56 Å². The molecule has 3 heterocycles. The number of halogens is 3. The first-order valence-electron chi connectivity index (χ1n) is 8.55. The van der Waals surface area contributed by atoms with Crippen molar-refractivity contribution < 1.29 is 26.3 Å². The van der Waals surface area contributed by atoms with Crippen molar-refractivity contribution in [2.75, 3.05) is 39.4 Å². The van der Waals surface area contributed by atoms with Crippen LogP contribution >= 0.6 is 0 Å². The van der Waals surface area contributed by atoms with Crippen molar-refractivity contribution in [2.45, 2.75) is 37.0 Å². The molecule has 26 heavy (non-hydrogen) atoms. The highest BCUT2D eigenvalue weighted by atomic mass is 32.2. The minimum absolute atomic E-state index is 0.00619. The van der Waals surface area contributed by atoms with Gasteiger partial charge in [0.15, 0.2) is 5.03 Å². The van der Waals surface area contributed by atoms with Gasteiger partial charge < -0.3 is 4.74 Å². The summed E-state index contributed by atoms with van der Waals surface area (Å²) in [7, 11) is -3.91. The largest absolute Gasteiger partial charge is 0.417 e. The highest BCUT2D eigenvalue weighted by molar-refractivity contribution is 7.89. The van der Waals surface area contributed by atoms with Gasteiger partial charge in [-0.3, -0.25) is 4.90 Å². The molecule has 0 saturated carbocycles. The molecule has 3 rings (SSSR count). The van der Waals surface area contributed by atoms with Gasteiger partial charge in [-0.15, -0.1) is 0 Å². The van der Waals surface area contributed by atoms with Gasteiger partial charge in [0.2, 0.25) is 0 Å². The predicted molar refractivity (Wildman–Crippen MR) is 88.1 cm³/mol. The number of nitrogens with zero attached hydrogens (tertiary/aromatic N) is 3. The van der Waals surface area contributed by atoms with Crippen LogP contribution in [0.3, 0.4) is 0 Å². The average molecular weight is 393 g/mol. The van der Waals surface area contributed by atoms with E-state index in [1.807, 2.05) is 0 Å². The molecule has 0 spiro atoms. The zero-order valence-electron chi connectivity index (χ0n) is 14.5. The molecule has 0 atom stereocenters. The highest BCUT2D eigenvalue weighted by Gasteiger charge is 2.35. The Morgan fingerprint density at radius 2 is 1.77 bits per heavy atom. The molecule has 0 bridgehead atoms. The quantitative estimate of drug-likeness (QED) is 0.785. The number of aromatic nitrogens is 1. The normalized spacial score (nSPS) is 21.8. The molecule has 2 aliphatic rings. The number of piperazine rings is 1. The number of rotatable bonds is 3. The van der Waals surface area contributed by atoms with E-state index in [4.69, 9.17) is 4.74 Å². The van der Waals surface area contributed by atoms with E-state index < -0.39 is 21.8 Å². The maximum Gasteiger partial charge on any atom is 0.417 e. The number of pyridine rings is 1. The number of alkyl halides is 3. The molecule has 1 aromatic heterocycles. The van der Waals surface area contributed by atoms with Crippen LogP contribution in [0.5, 0.6) is 0 Å². The summed E-state index contributed by atoms with van der Waals surface area (Å²) < 4.78 is 70.5. The average Bonchev–Trinajstić information content (AvgIpc) is 2.61. The SMILES string of the molecule is Cc1cc(C(F)(F)F)cnc1S(=O)(=O)N1CCN(C2CCOCC2)CC1. The van der Waals surface area contributed by atoms with Crippen LogP contribution < -0.4 is 0 Å². The van der Waals surface area contributed by atoms with Crippen LogP contribution in [0.15, 0.2) is 17.3 Å². The van der Waals surface area contributed by atoms with E-state index in [9.17, 15) is 21.6 Å². The molecule has 2 aliphatic heterocycles. The molecular formula is C16H22F3N3O3S. The van der Waals surface area contributed by atoms with Crippen molar-refractivity contribution in [2.24, 2.45) is 0 Å². The van der Waals surface area contributed by atoms with Gasteiger partial charge in [0, 0.05) is 51.6 Å². The van der Waals surface area contributed by atoms with E-state index in [1.165, 1.54) is 11.2 Å². The predicted octanol–water partition coefficient (Wildman–Crippen LogP) is 1.89. The summed E-state index contributed by atoms with van der Waals surface area (Å²) in [6, 6.07) is 1.23. The second-order valence-corrected chi connectivity index (χ2v) is 8.48. The van der Waals surface area contributed by atoms with E-state index in [1.54, 1.807) is 0 Å². The van der Waals surface area contributed by atoms with Gasteiger partial charge in [0.1, 0.15) is 0 Å². The second-order valence-electron chi connectivity index (χ2n) is 6.63. The number of hydrogen-bond donors (Lipinski definition) is 0. The topological polar surface area (TPSA) is 62.7 Å². The minimum Gasteiger partial charge on any atom is -0.381 e. The lowest BCUT2D eigenvalue weighted by Crippen LogP contribution is -2.53.